The molecule has 0 saturated heterocycles. The lowest BCUT2D eigenvalue weighted by molar-refractivity contribution is -0.139. The third kappa shape index (κ3) is 3.96. The van der Waals surface area contributed by atoms with E-state index in [1.807, 2.05) is 6.92 Å². The van der Waals surface area contributed by atoms with Gasteiger partial charge in [-0.2, -0.15) is 0 Å². The molecule has 2 unspecified atom stereocenters. The third-order valence-corrected chi connectivity index (χ3v) is 3.55. The van der Waals surface area contributed by atoms with E-state index in [2.05, 4.69) is 0 Å². The Bertz CT molecular complexity index is 261. The second-order valence-corrected chi connectivity index (χ2v) is 5.70. The van der Waals surface area contributed by atoms with Gasteiger partial charge in [-0.05, 0) is 46.1 Å². The lowest BCUT2D eigenvalue weighted by Crippen LogP contribution is -2.45. The van der Waals surface area contributed by atoms with Gasteiger partial charge in [0, 0.05) is 19.0 Å². The van der Waals surface area contributed by atoms with Crippen LogP contribution in [0, 0.1) is 11.8 Å². The van der Waals surface area contributed by atoms with Crippen molar-refractivity contribution in [2.24, 2.45) is 17.6 Å². The van der Waals surface area contributed by atoms with Crippen molar-refractivity contribution >= 4 is 5.91 Å². The van der Waals surface area contributed by atoms with Crippen LogP contribution in [-0.4, -0.2) is 41.1 Å². The van der Waals surface area contributed by atoms with Crippen LogP contribution in [0.15, 0.2) is 0 Å². The average Bonchev–Trinajstić information content (AvgIpc) is 2.71. The van der Waals surface area contributed by atoms with Crippen molar-refractivity contribution in [2.45, 2.75) is 45.6 Å². The van der Waals surface area contributed by atoms with Gasteiger partial charge < -0.3 is 15.7 Å². The quantitative estimate of drug-likeness (QED) is 0.755. The summed E-state index contributed by atoms with van der Waals surface area (Å²) in [6, 6.07) is 0. The zero-order valence-electron chi connectivity index (χ0n) is 11.3. The summed E-state index contributed by atoms with van der Waals surface area (Å²) in [4.78, 5) is 14.1. The van der Waals surface area contributed by atoms with Crippen LogP contribution in [-0.2, 0) is 4.79 Å². The number of nitrogens with zero attached hydrogens (tertiary/aromatic N) is 1. The van der Waals surface area contributed by atoms with E-state index in [0.717, 1.165) is 19.3 Å². The molecule has 0 heterocycles. The van der Waals surface area contributed by atoms with Gasteiger partial charge in [0.1, 0.15) is 0 Å². The van der Waals surface area contributed by atoms with Gasteiger partial charge in [0.25, 0.3) is 0 Å². The van der Waals surface area contributed by atoms with Crippen molar-refractivity contribution < 1.29 is 9.90 Å². The Morgan fingerprint density at radius 2 is 2.12 bits per heavy atom. The molecule has 1 amide bonds. The van der Waals surface area contributed by atoms with E-state index in [0.29, 0.717) is 25.6 Å². The van der Waals surface area contributed by atoms with Crippen molar-refractivity contribution in [1.82, 2.24) is 4.90 Å². The third-order valence-electron chi connectivity index (χ3n) is 3.55. The second-order valence-electron chi connectivity index (χ2n) is 5.70. The van der Waals surface area contributed by atoms with Gasteiger partial charge in [-0.1, -0.05) is 6.42 Å². The highest BCUT2D eigenvalue weighted by Crippen LogP contribution is 2.32. The highest BCUT2D eigenvalue weighted by Gasteiger charge is 2.35. The van der Waals surface area contributed by atoms with Crippen molar-refractivity contribution in [3.63, 3.8) is 0 Å². The number of carbonyl (C=O) groups excluding carboxylic acids is 1. The number of hydrogen-bond donors (Lipinski definition) is 2. The predicted molar refractivity (Wildman–Crippen MR) is 68.4 cm³/mol. The van der Waals surface area contributed by atoms with Crippen molar-refractivity contribution in [1.29, 1.82) is 0 Å². The molecule has 1 aliphatic carbocycles. The molecule has 0 radical (unpaired) electrons. The fraction of sp³-hybridized carbons (Fsp3) is 0.923. The number of hydrogen-bond acceptors (Lipinski definition) is 3. The van der Waals surface area contributed by atoms with Crippen LogP contribution in [0.3, 0.4) is 0 Å². The Labute approximate surface area is 104 Å². The Balaban J connectivity index is 2.65. The number of likely N-dealkylation sites (N-methyl/N-ethyl adjacent to an activating group) is 1. The normalized spacial score (nSPS) is 25.0. The molecule has 17 heavy (non-hydrogen) atoms. The zero-order chi connectivity index (χ0) is 13.1. The van der Waals surface area contributed by atoms with Gasteiger partial charge in [-0.3, -0.25) is 4.79 Å². The second kappa shape index (κ2) is 5.83. The molecule has 100 valence electrons. The Hall–Kier alpha value is -0.610. The monoisotopic (exact) mass is 242 g/mol. The van der Waals surface area contributed by atoms with E-state index < -0.39 is 5.60 Å². The minimum atomic E-state index is -0.831. The summed E-state index contributed by atoms with van der Waals surface area (Å²) in [7, 11) is 0. The first kappa shape index (κ1) is 14.5. The minimum Gasteiger partial charge on any atom is -0.389 e. The summed E-state index contributed by atoms with van der Waals surface area (Å²) < 4.78 is 0. The Morgan fingerprint density at radius 1 is 1.47 bits per heavy atom. The van der Waals surface area contributed by atoms with Gasteiger partial charge in [0.2, 0.25) is 5.91 Å². The van der Waals surface area contributed by atoms with Crippen molar-refractivity contribution in [3.05, 3.63) is 0 Å². The molecular weight excluding hydrogens is 216 g/mol. The summed E-state index contributed by atoms with van der Waals surface area (Å²) in [5.41, 5.74) is 4.88. The van der Waals surface area contributed by atoms with Crippen LogP contribution in [0.2, 0.25) is 0 Å². The van der Waals surface area contributed by atoms with Crippen LogP contribution in [0.1, 0.15) is 40.0 Å². The molecule has 1 aliphatic rings. The van der Waals surface area contributed by atoms with E-state index in [9.17, 15) is 9.90 Å². The van der Waals surface area contributed by atoms with E-state index in [1.54, 1.807) is 18.7 Å². The lowest BCUT2D eigenvalue weighted by atomic mass is 9.94. The Morgan fingerprint density at radius 3 is 2.59 bits per heavy atom. The summed E-state index contributed by atoms with van der Waals surface area (Å²) in [6.45, 7) is 7.06. The molecule has 0 aromatic heterocycles. The first-order valence-electron chi connectivity index (χ1n) is 6.60. The summed E-state index contributed by atoms with van der Waals surface area (Å²) in [5, 5.41) is 9.82. The lowest BCUT2D eigenvalue weighted by Gasteiger charge is -2.31. The largest absolute Gasteiger partial charge is 0.389 e. The number of rotatable bonds is 5. The van der Waals surface area contributed by atoms with E-state index in [4.69, 9.17) is 5.73 Å². The fourth-order valence-electron chi connectivity index (χ4n) is 2.69. The first-order chi connectivity index (χ1) is 7.89. The van der Waals surface area contributed by atoms with Crippen molar-refractivity contribution in [3.8, 4) is 0 Å². The van der Waals surface area contributed by atoms with Crippen LogP contribution < -0.4 is 5.73 Å². The number of amides is 1. The molecule has 4 heteroatoms. The highest BCUT2D eigenvalue weighted by molar-refractivity contribution is 5.79. The molecule has 0 spiro atoms. The molecule has 3 N–H and O–H groups in total. The summed E-state index contributed by atoms with van der Waals surface area (Å²) >= 11 is 0. The Kier molecular flexibility index (Phi) is 4.95. The molecule has 0 aromatic carbocycles. The molecule has 1 fully saturated rings. The summed E-state index contributed by atoms with van der Waals surface area (Å²) in [5.74, 6) is 0.572. The van der Waals surface area contributed by atoms with E-state index in [-0.39, 0.29) is 11.8 Å². The molecule has 0 bridgehead atoms. The van der Waals surface area contributed by atoms with Gasteiger partial charge in [0.15, 0.2) is 0 Å². The first-order valence-corrected chi connectivity index (χ1v) is 6.60. The number of carbonyl (C=O) groups is 1. The topological polar surface area (TPSA) is 66.6 Å². The standard InChI is InChI=1S/C13H26N2O2/c1-4-15(9-13(2,3)17)12(16)11-7-5-6-10(11)8-14/h10-11,17H,4-9,14H2,1-3H3. The predicted octanol–water partition coefficient (Wildman–Crippen LogP) is 0.981. The van der Waals surface area contributed by atoms with Crippen LogP contribution in [0.25, 0.3) is 0 Å². The van der Waals surface area contributed by atoms with Crippen LogP contribution in [0.4, 0.5) is 0 Å². The molecule has 4 nitrogen and oxygen atoms in total. The van der Waals surface area contributed by atoms with E-state index in [1.165, 1.54) is 0 Å². The van der Waals surface area contributed by atoms with Gasteiger partial charge in [-0.15, -0.1) is 0 Å². The van der Waals surface area contributed by atoms with Crippen LogP contribution >= 0.6 is 0 Å². The molecule has 1 saturated carbocycles. The maximum atomic E-state index is 12.4. The fourth-order valence-corrected chi connectivity index (χ4v) is 2.69. The highest BCUT2D eigenvalue weighted by atomic mass is 16.3. The molecule has 1 rings (SSSR count). The minimum absolute atomic E-state index is 0.0716. The van der Waals surface area contributed by atoms with Crippen LogP contribution in [0.5, 0.6) is 0 Å². The number of aliphatic hydroxyl groups is 1. The SMILES string of the molecule is CCN(CC(C)(C)O)C(=O)C1CCCC1CN. The zero-order valence-corrected chi connectivity index (χ0v) is 11.3. The molecular formula is C13H26N2O2. The maximum absolute atomic E-state index is 12.4. The maximum Gasteiger partial charge on any atom is 0.226 e. The van der Waals surface area contributed by atoms with Crippen molar-refractivity contribution in [2.75, 3.05) is 19.6 Å². The smallest absolute Gasteiger partial charge is 0.226 e. The van der Waals surface area contributed by atoms with Gasteiger partial charge >= 0.3 is 0 Å². The molecule has 0 aromatic rings. The average molecular weight is 242 g/mol. The molecule has 0 aliphatic heterocycles. The van der Waals surface area contributed by atoms with E-state index >= 15 is 0 Å². The van der Waals surface area contributed by atoms with Gasteiger partial charge in [0.05, 0.1) is 5.60 Å². The number of nitrogens with two attached hydrogens (primary N) is 1. The van der Waals surface area contributed by atoms with Gasteiger partial charge in [-0.25, -0.2) is 0 Å². The summed E-state index contributed by atoms with van der Waals surface area (Å²) in [6.07, 6.45) is 3.11. The molecule has 2 atom stereocenters.